The molecule has 4 nitrogen and oxygen atoms in total. The molecule has 4 heteroatoms. The van der Waals surface area contributed by atoms with Gasteiger partial charge < -0.3 is 10.6 Å². The zero-order chi connectivity index (χ0) is 14.8. The fraction of sp³-hybridized carbons (Fsp3) is 0.647. The number of hydrogen-bond acceptors (Lipinski definition) is 1. The molecule has 0 spiro atoms. The number of nitrogens with one attached hydrogen (secondary N) is 2. The third-order valence-electron chi connectivity index (χ3n) is 4.63. The molecular weight excluding hydrogens is 262 g/mol. The van der Waals surface area contributed by atoms with Gasteiger partial charge in [-0.1, -0.05) is 0 Å². The summed E-state index contributed by atoms with van der Waals surface area (Å²) in [6.45, 7) is 4.74. The number of quaternary nitrogens is 1. The van der Waals surface area contributed by atoms with Crippen LogP contribution in [0.15, 0.2) is 0 Å². The summed E-state index contributed by atoms with van der Waals surface area (Å²) >= 11 is 0. The van der Waals surface area contributed by atoms with Crippen molar-refractivity contribution in [3.63, 3.8) is 0 Å². The maximum absolute atomic E-state index is 12.2. The average molecular weight is 289 g/mol. The first-order chi connectivity index (χ1) is 10.1. The number of pyridine rings is 1. The smallest absolute Gasteiger partial charge is 0.279 e. The van der Waals surface area contributed by atoms with Crippen LogP contribution in [-0.4, -0.2) is 18.5 Å². The lowest BCUT2D eigenvalue weighted by Crippen LogP contribution is -2.90. The molecule has 0 atom stereocenters. The molecule has 2 aliphatic rings. The second-order valence-electron chi connectivity index (χ2n) is 6.71. The van der Waals surface area contributed by atoms with Crippen LogP contribution in [0.25, 0.3) is 0 Å². The van der Waals surface area contributed by atoms with Gasteiger partial charge in [-0.15, -0.1) is 0 Å². The second kappa shape index (κ2) is 6.14. The Labute approximate surface area is 126 Å². The molecule has 0 fully saturated rings. The predicted molar refractivity (Wildman–Crippen MR) is 82.2 cm³/mol. The maximum atomic E-state index is 12.2. The van der Waals surface area contributed by atoms with Gasteiger partial charge in [-0.05, 0) is 46.0 Å². The number of hydrogen-bond donors (Lipinski definition) is 2. The monoisotopic (exact) mass is 289 g/mol. The van der Waals surface area contributed by atoms with Crippen molar-refractivity contribution in [2.75, 3.05) is 11.9 Å². The van der Waals surface area contributed by atoms with Crippen LogP contribution in [0.2, 0.25) is 0 Å². The topological polar surface area (TPSA) is 59.9 Å². The number of amides is 1. The molecule has 1 heterocycles. The van der Waals surface area contributed by atoms with E-state index in [0.717, 1.165) is 31.4 Å². The van der Waals surface area contributed by atoms with E-state index < -0.39 is 0 Å². The molecule has 4 N–H and O–H groups in total. The molecule has 0 aliphatic heterocycles. The lowest BCUT2D eigenvalue weighted by Gasteiger charge is -2.18. The summed E-state index contributed by atoms with van der Waals surface area (Å²) in [7, 11) is 0. The Kier molecular flexibility index (Phi) is 4.24. The van der Waals surface area contributed by atoms with Crippen molar-refractivity contribution >= 4 is 11.6 Å². The molecule has 114 valence electrons. The highest BCUT2D eigenvalue weighted by Crippen LogP contribution is 2.33. The molecule has 0 saturated carbocycles. The fourth-order valence-corrected chi connectivity index (χ4v) is 3.53. The highest BCUT2D eigenvalue weighted by molar-refractivity contribution is 5.93. The van der Waals surface area contributed by atoms with Crippen LogP contribution in [0.3, 0.4) is 0 Å². The van der Waals surface area contributed by atoms with Crippen molar-refractivity contribution < 1.29 is 15.1 Å². The van der Waals surface area contributed by atoms with Gasteiger partial charge in [-0.2, -0.15) is 0 Å². The molecule has 1 amide bonds. The zero-order valence-corrected chi connectivity index (χ0v) is 13.2. The summed E-state index contributed by atoms with van der Waals surface area (Å²) in [5.74, 6) is 0.136. The molecule has 1 aromatic rings. The van der Waals surface area contributed by atoms with Gasteiger partial charge in [0.05, 0.1) is 11.7 Å². The van der Waals surface area contributed by atoms with Gasteiger partial charge in [-0.25, -0.2) is 4.98 Å². The van der Waals surface area contributed by atoms with E-state index >= 15 is 0 Å². The lowest BCUT2D eigenvalue weighted by molar-refractivity contribution is -0.672. The molecule has 0 radical (unpaired) electrons. The third kappa shape index (κ3) is 3.10. The van der Waals surface area contributed by atoms with Crippen LogP contribution in [0.5, 0.6) is 0 Å². The van der Waals surface area contributed by atoms with Crippen molar-refractivity contribution in [2.24, 2.45) is 0 Å². The summed E-state index contributed by atoms with van der Waals surface area (Å²) < 4.78 is 0. The molecule has 0 aromatic carbocycles. The number of aromatic amines is 1. The molecule has 0 bridgehead atoms. The summed E-state index contributed by atoms with van der Waals surface area (Å²) in [6.07, 6.45) is 8.16. The van der Waals surface area contributed by atoms with E-state index in [2.05, 4.69) is 29.5 Å². The number of carbonyl (C=O) groups excluding carboxylic acids is 1. The molecule has 3 rings (SSSR count). The lowest BCUT2D eigenvalue weighted by atomic mass is 9.92. The minimum Gasteiger partial charge on any atom is -0.336 e. The van der Waals surface area contributed by atoms with E-state index in [1.807, 2.05) is 0 Å². The Morgan fingerprint density at radius 3 is 2.43 bits per heavy atom. The number of H-pyrrole nitrogens is 1. The van der Waals surface area contributed by atoms with Gasteiger partial charge >= 0.3 is 0 Å². The second-order valence-corrected chi connectivity index (χ2v) is 6.71. The summed E-state index contributed by atoms with van der Waals surface area (Å²) in [5.41, 5.74) is 6.62. The van der Waals surface area contributed by atoms with E-state index in [1.54, 1.807) is 0 Å². The Morgan fingerprint density at radius 1 is 1.10 bits per heavy atom. The fourth-order valence-electron chi connectivity index (χ4n) is 3.53. The van der Waals surface area contributed by atoms with Crippen LogP contribution in [0, 0.1) is 0 Å². The minimum absolute atomic E-state index is 0.136. The first-order valence-corrected chi connectivity index (χ1v) is 8.37. The van der Waals surface area contributed by atoms with Crippen LogP contribution in [-0.2, 0) is 30.5 Å². The van der Waals surface area contributed by atoms with Crippen LogP contribution >= 0.6 is 0 Å². The molecule has 0 unspecified atom stereocenters. The van der Waals surface area contributed by atoms with E-state index in [9.17, 15) is 4.79 Å². The number of nitrogens with two attached hydrogens (primary N) is 1. The highest BCUT2D eigenvalue weighted by Gasteiger charge is 2.30. The third-order valence-corrected chi connectivity index (χ3v) is 4.63. The van der Waals surface area contributed by atoms with Crippen LogP contribution in [0.1, 0.15) is 55.6 Å². The first kappa shape index (κ1) is 14.5. The standard InChI is InChI=1S/C17H25N3O/c1-11(2)18-10-16(21)20-17-12-6-3-4-8-14(12)19-15-9-5-7-13(15)17/h11,18H,3-10H2,1-2H3,(H,19,20,21)/p+2. The Hall–Kier alpha value is -1.42. The zero-order valence-electron chi connectivity index (χ0n) is 13.2. The number of rotatable bonds is 4. The highest BCUT2D eigenvalue weighted by atomic mass is 16.1. The largest absolute Gasteiger partial charge is 0.336 e. The van der Waals surface area contributed by atoms with Gasteiger partial charge in [0, 0.05) is 24.0 Å². The number of aromatic nitrogens is 1. The van der Waals surface area contributed by atoms with E-state index in [1.165, 1.54) is 41.8 Å². The summed E-state index contributed by atoms with van der Waals surface area (Å²) in [4.78, 5) is 15.9. The Balaban J connectivity index is 1.86. The number of anilines is 1. The molecule has 0 saturated heterocycles. The van der Waals surface area contributed by atoms with Gasteiger partial charge in [0.25, 0.3) is 5.91 Å². The number of carbonyl (C=O) groups is 1. The molecule has 1 aromatic heterocycles. The van der Waals surface area contributed by atoms with Crippen LogP contribution in [0.4, 0.5) is 5.69 Å². The predicted octanol–water partition coefficient (Wildman–Crippen LogP) is 0.779. The first-order valence-electron chi connectivity index (χ1n) is 8.37. The van der Waals surface area contributed by atoms with Crippen molar-refractivity contribution in [1.82, 2.24) is 0 Å². The van der Waals surface area contributed by atoms with E-state index in [0.29, 0.717) is 12.6 Å². The minimum atomic E-state index is 0.136. The normalized spacial score (nSPS) is 16.7. The van der Waals surface area contributed by atoms with E-state index in [4.69, 9.17) is 0 Å². The number of aryl methyl sites for hydroxylation is 2. The summed E-state index contributed by atoms with van der Waals surface area (Å²) in [6, 6.07) is 0.458. The van der Waals surface area contributed by atoms with Gasteiger partial charge in [-0.3, -0.25) is 4.79 Å². The van der Waals surface area contributed by atoms with Crippen molar-refractivity contribution in [3.05, 3.63) is 22.5 Å². The van der Waals surface area contributed by atoms with Crippen molar-refractivity contribution in [3.8, 4) is 0 Å². The maximum Gasteiger partial charge on any atom is 0.279 e. The molecule has 21 heavy (non-hydrogen) atoms. The average Bonchev–Trinajstić information content (AvgIpc) is 2.93. The Bertz CT molecular complexity index is 551. The molecule has 2 aliphatic carbocycles. The SMILES string of the molecule is CC(C)[NH2+]CC(=O)Nc1c2c([nH+]c3c1CCC3)CCCC2. The van der Waals surface area contributed by atoms with Crippen molar-refractivity contribution in [2.45, 2.75) is 64.8 Å². The van der Waals surface area contributed by atoms with E-state index in [-0.39, 0.29) is 5.91 Å². The Morgan fingerprint density at radius 2 is 1.71 bits per heavy atom. The summed E-state index contributed by atoms with van der Waals surface area (Å²) in [5, 5.41) is 5.32. The van der Waals surface area contributed by atoms with Crippen LogP contribution < -0.4 is 15.6 Å². The number of fused-ring (bicyclic) bond motifs is 2. The molecular formula is C17H27N3O+2. The van der Waals surface area contributed by atoms with Gasteiger partial charge in [0.15, 0.2) is 17.9 Å². The van der Waals surface area contributed by atoms with Crippen molar-refractivity contribution in [1.29, 1.82) is 0 Å². The van der Waals surface area contributed by atoms with Gasteiger partial charge in [0.1, 0.15) is 0 Å². The van der Waals surface area contributed by atoms with Gasteiger partial charge in [0.2, 0.25) is 0 Å². The quantitative estimate of drug-likeness (QED) is 0.845.